The molecule has 5 heterocycles. The van der Waals surface area contributed by atoms with E-state index in [2.05, 4.69) is 21.8 Å². The molecule has 152 valence electrons. The van der Waals surface area contributed by atoms with Crippen LogP contribution in [-0.4, -0.2) is 55.7 Å². The number of nitrogens with one attached hydrogen (secondary N) is 2. The predicted molar refractivity (Wildman–Crippen MR) is 112 cm³/mol. The zero-order valence-corrected chi connectivity index (χ0v) is 17.1. The van der Waals surface area contributed by atoms with Gasteiger partial charge in [0.05, 0.1) is 51.6 Å². The van der Waals surface area contributed by atoms with Crippen molar-refractivity contribution in [2.24, 2.45) is 0 Å². The number of anilines is 1. The summed E-state index contributed by atoms with van der Waals surface area (Å²) < 4.78 is 26.8. The first-order valence-electron chi connectivity index (χ1n) is 9.93. The lowest BCUT2D eigenvalue weighted by Gasteiger charge is -2.34. The molecule has 0 radical (unpaired) electrons. The van der Waals surface area contributed by atoms with Gasteiger partial charge in [-0.3, -0.25) is 9.76 Å². The highest BCUT2D eigenvalue weighted by Gasteiger charge is 2.32. The molecule has 0 bridgehead atoms. The summed E-state index contributed by atoms with van der Waals surface area (Å²) in [5, 5.41) is 0.647. The Hall–Kier alpha value is -2.52. The van der Waals surface area contributed by atoms with Crippen LogP contribution in [0.25, 0.3) is 22.3 Å². The molecule has 1 unspecified atom stereocenters. The fraction of sp³-hybridized carbons (Fsp3) is 0.450. The monoisotopic (exact) mass is 412 g/mol. The smallest absolute Gasteiger partial charge is 0.164 e. The first-order valence-corrected chi connectivity index (χ1v) is 11.7. The van der Waals surface area contributed by atoms with Gasteiger partial charge in [-0.1, -0.05) is 0 Å². The van der Waals surface area contributed by atoms with Gasteiger partial charge in [0.1, 0.15) is 5.82 Å². The number of H-pyrrole nitrogens is 1. The molecule has 9 heteroatoms. The van der Waals surface area contributed by atoms with E-state index in [1.807, 2.05) is 18.3 Å². The molecule has 2 aliphatic rings. The lowest BCUT2D eigenvalue weighted by molar-refractivity contribution is 0.0985. The molecule has 3 aromatic rings. The van der Waals surface area contributed by atoms with E-state index in [4.69, 9.17) is 19.5 Å². The average Bonchev–Trinajstić information content (AvgIpc) is 3.33. The molecular weight excluding hydrogens is 388 g/mol. The average molecular weight is 413 g/mol. The maximum Gasteiger partial charge on any atom is 0.164 e. The van der Waals surface area contributed by atoms with E-state index in [1.165, 1.54) is 0 Å². The van der Waals surface area contributed by atoms with Crippen molar-refractivity contribution < 1.29 is 8.95 Å². The molecule has 3 atom stereocenters. The van der Waals surface area contributed by atoms with Crippen LogP contribution in [-0.2, 0) is 14.5 Å². The van der Waals surface area contributed by atoms with E-state index >= 15 is 0 Å². The van der Waals surface area contributed by atoms with Gasteiger partial charge < -0.3 is 14.6 Å². The molecule has 2 N–H and O–H groups in total. The zero-order valence-electron chi connectivity index (χ0n) is 16.3. The molecular formula is C20H24N6O2S. The number of aromatic amines is 1. The molecule has 2 fully saturated rings. The van der Waals surface area contributed by atoms with Crippen molar-refractivity contribution in [1.82, 2.24) is 19.9 Å². The van der Waals surface area contributed by atoms with E-state index in [0.29, 0.717) is 30.5 Å². The number of rotatable bonds is 3. The van der Waals surface area contributed by atoms with Crippen molar-refractivity contribution >= 4 is 26.4 Å². The number of nitrogens with zero attached hydrogens (tertiary/aromatic N) is 4. The third-order valence-corrected chi connectivity index (χ3v) is 8.11. The van der Waals surface area contributed by atoms with Gasteiger partial charge in [0.15, 0.2) is 5.82 Å². The van der Waals surface area contributed by atoms with Crippen molar-refractivity contribution in [3.8, 4) is 11.4 Å². The summed E-state index contributed by atoms with van der Waals surface area (Å²) in [4.78, 5) is 19.4. The fourth-order valence-corrected chi connectivity index (χ4v) is 6.21. The van der Waals surface area contributed by atoms with Gasteiger partial charge in [0.25, 0.3) is 0 Å². The zero-order chi connectivity index (χ0) is 20.0. The summed E-state index contributed by atoms with van der Waals surface area (Å²) >= 11 is 0. The van der Waals surface area contributed by atoms with Gasteiger partial charge in [-0.25, -0.2) is 14.2 Å². The predicted octanol–water partition coefficient (Wildman–Crippen LogP) is 3.13. The molecule has 0 saturated carbocycles. The Bertz CT molecular complexity index is 1160. The summed E-state index contributed by atoms with van der Waals surface area (Å²) in [5.74, 6) is 1.81. The Morgan fingerprint density at radius 3 is 3.03 bits per heavy atom. The van der Waals surface area contributed by atoms with Crippen molar-refractivity contribution in [2.45, 2.75) is 31.1 Å². The number of hydrogen-bond donors (Lipinski definition) is 2. The van der Waals surface area contributed by atoms with Crippen LogP contribution >= 0.6 is 0 Å². The number of fused-ring (bicyclic) bond motifs is 1. The Kier molecular flexibility index (Phi) is 4.51. The van der Waals surface area contributed by atoms with E-state index in [0.717, 1.165) is 41.7 Å². The minimum Gasteiger partial charge on any atom is -0.377 e. The minimum absolute atomic E-state index is 0.185. The molecule has 2 aliphatic heterocycles. The summed E-state index contributed by atoms with van der Waals surface area (Å²) in [7, 11) is -2.69. The standard InChI is InChI=1S/C20H24N6O2S/c1-13-12-28-7-6-26(13)19-9-16(18-3-2-8-29(18,21)27)24-20(25-19)15-10-22-11-17-14(15)4-5-23-17/h4-5,9-11,13,18,21,23H,2-3,6-8,12H2,1H3/t13-,18-,29?/m1/s1. The Balaban J connectivity index is 1.69. The van der Waals surface area contributed by atoms with Crippen LogP contribution in [0.15, 0.2) is 30.7 Å². The minimum atomic E-state index is -2.69. The Morgan fingerprint density at radius 1 is 1.34 bits per heavy atom. The molecule has 3 aromatic heterocycles. The highest BCUT2D eigenvalue weighted by molar-refractivity contribution is 7.92. The van der Waals surface area contributed by atoms with E-state index in [9.17, 15) is 4.21 Å². The van der Waals surface area contributed by atoms with Crippen LogP contribution in [0.1, 0.15) is 30.7 Å². The lowest BCUT2D eigenvalue weighted by Crippen LogP contribution is -2.44. The third-order valence-electron chi connectivity index (χ3n) is 5.82. The Morgan fingerprint density at radius 2 is 2.24 bits per heavy atom. The maximum absolute atomic E-state index is 12.8. The molecule has 8 nitrogen and oxygen atoms in total. The van der Waals surface area contributed by atoms with E-state index in [1.54, 1.807) is 12.4 Å². The van der Waals surface area contributed by atoms with Crippen molar-refractivity contribution in [3.05, 3.63) is 36.4 Å². The molecule has 0 aromatic carbocycles. The SMILES string of the molecule is C[C@@H]1COCCN1c1cc([C@H]2CCCS2(=N)=O)nc(-c2cncc3[nH]ccc23)n1. The molecule has 5 rings (SSSR count). The van der Waals surface area contributed by atoms with E-state index < -0.39 is 9.73 Å². The number of aromatic nitrogens is 4. The van der Waals surface area contributed by atoms with E-state index in [-0.39, 0.29) is 11.3 Å². The van der Waals surface area contributed by atoms with Crippen LogP contribution in [0, 0.1) is 4.78 Å². The van der Waals surface area contributed by atoms with Crippen molar-refractivity contribution in [3.63, 3.8) is 0 Å². The van der Waals surface area contributed by atoms with Crippen LogP contribution in [0.4, 0.5) is 5.82 Å². The third kappa shape index (κ3) is 3.28. The summed E-state index contributed by atoms with van der Waals surface area (Å²) in [6, 6.07) is 4.10. The molecule has 2 saturated heterocycles. The second-order valence-corrected chi connectivity index (χ2v) is 10.2. The topological polar surface area (TPSA) is 108 Å². The highest BCUT2D eigenvalue weighted by Crippen LogP contribution is 2.37. The molecule has 0 spiro atoms. The second kappa shape index (κ2) is 7.07. The first-order chi connectivity index (χ1) is 14.0. The fourth-order valence-electron chi connectivity index (χ4n) is 4.27. The summed E-state index contributed by atoms with van der Waals surface area (Å²) in [6.07, 6.45) is 6.95. The quantitative estimate of drug-likeness (QED) is 0.684. The number of hydrogen-bond acceptors (Lipinski definition) is 7. The lowest BCUT2D eigenvalue weighted by atomic mass is 10.1. The van der Waals surface area contributed by atoms with Crippen molar-refractivity contribution in [1.29, 1.82) is 4.78 Å². The summed E-state index contributed by atoms with van der Waals surface area (Å²) in [5.41, 5.74) is 2.46. The Labute approximate surface area is 169 Å². The largest absolute Gasteiger partial charge is 0.377 e. The molecule has 0 aliphatic carbocycles. The first kappa shape index (κ1) is 18.5. The second-order valence-electron chi connectivity index (χ2n) is 7.78. The number of morpholine rings is 1. The van der Waals surface area contributed by atoms with Gasteiger partial charge in [-0.05, 0) is 25.8 Å². The van der Waals surface area contributed by atoms with Crippen LogP contribution in [0.3, 0.4) is 0 Å². The highest BCUT2D eigenvalue weighted by atomic mass is 32.2. The normalized spacial score (nSPS) is 27.6. The van der Waals surface area contributed by atoms with Gasteiger partial charge in [0, 0.05) is 41.7 Å². The summed E-state index contributed by atoms with van der Waals surface area (Å²) in [6.45, 7) is 4.14. The van der Waals surface area contributed by atoms with Gasteiger partial charge in [-0.2, -0.15) is 0 Å². The van der Waals surface area contributed by atoms with Gasteiger partial charge in [-0.15, -0.1) is 0 Å². The van der Waals surface area contributed by atoms with Gasteiger partial charge >= 0.3 is 0 Å². The van der Waals surface area contributed by atoms with Crippen LogP contribution in [0.5, 0.6) is 0 Å². The molecule has 0 amide bonds. The van der Waals surface area contributed by atoms with Crippen LogP contribution in [0.2, 0.25) is 0 Å². The maximum atomic E-state index is 12.8. The number of ether oxygens (including phenoxy) is 1. The molecule has 29 heavy (non-hydrogen) atoms. The van der Waals surface area contributed by atoms with Gasteiger partial charge in [0.2, 0.25) is 0 Å². The number of pyridine rings is 1. The van der Waals surface area contributed by atoms with Crippen LogP contribution < -0.4 is 4.90 Å². The van der Waals surface area contributed by atoms with Crippen molar-refractivity contribution in [2.75, 3.05) is 30.4 Å².